The van der Waals surface area contributed by atoms with Gasteiger partial charge in [-0.3, -0.25) is 0 Å². The molecule has 1 heterocycles. The molecule has 1 aromatic heterocycles. The second-order valence-electron chi connectivity index (χ2n) is 2.20. The number of nitriles is 1. The van der Waals surface area contributed by atoms with E-state index < -0.39 is 0 Å². The molecule has 4 N–H and O–H groups in total. The normalized spacial score (nSPS) is 12.5. The Bertz CT molecular complexity index is 273. The molecular formula is C7H9N3S. The molecule has 0 aromatic carbocycles. The smallest absolute Gasteiger partial charge is 0.110 e. The van der Waals surface area contributed by atoms with E-state index in [0.717, 1.165) is 5.56 Å². The van der Waals surface area contributed by atoms with Gasteiger partial charge in [0.05, 0.1) is 0 Å². The highest BCUT2D eigenvalue weighted by molar-refractivity contribution is 7.10. The van der Waals surface area contributed by atoms with Crippen LogP contribution in [0, 0.1) is 11.3 Å². The molecule has 0 unspecified atom stereocenters. The summed E-state index contributed by atoms with van der Waals surface area (Å²) in [6, 6.07) is 3.70. The van der Waals surface area contributed by atoms with Crippen molar-refractivity contribution in [1.82, 2.24) is 0 Å². The van der Waals surface area contributed by atoms with E-state index in [9.17, 15) is 0 Å². The molecule has 1 aromatic rings. The zero-order valence-corrected chi connectivity index (χ0v) is 6.77. The standard InChI is InChI=1S/C7H9N3S/c8-2-6-1-5(4-11-6)7(10)3-9/h1,4,7H,3,9-10H2/t7-/m0/s1. The molecule has 0 aliphatic heterocycles. The topological polar surface area (TPSA) is 75.8 Å². The van der Waals surface area contributed by atoms with Crippen LogP contribution in [0.3, 0.4) is 0 Å². The molecule has 1 rings (SSSR count). The first-order valence-corrected chi connectivity index (χ1v) is 4.10. The van der Waals surface area contributed by atoms with Crippen LogP contribution in [0.15, 0.2) is 11.4 Å². The first kappa shape index (κ1) is 8.21. The Morgan fingerprint density at radius 3 is 2.91 bits per heavy atom. The van der Waals surface area contributed by atoms with Crippen molar-refractivity contribution in [3.63, 3.8) is 0 Å². The summed E-state index contributed by atoms with van der Waals surface area (Å²) in [6.07, 6.45) is 0. The van der Waals surface area contributed by atoms with Gasteiger partial charge in [-0.05, 0) is 17.0 Å². The highest BCUT2D eigenvalue weighted by atomic mass is 32.1. The van der Waals surface area contributed by atoms with Gasteiger partial charge < -0.3 is 11.5 Å². The molecule has 11 heavy (non-hydrogen) atoms. The lowest BCUT2D eigenvalue weighted by Crippen LogP contribution is -2.19. The predicted octanol–water partition coefficient (Wildman–Crippen LogP) is 0.578. The number of nitrogens with zero attached hydrogens (tertiary/aromatic N) is 1. The summed E-state index contributed by atoms with van der Waals surface area (Å²) in [5.74, 6) is 0. The van der Waals surface area contributed by atoms with Crippen LogP contribution in [-0.2, 0) is 0 Å². The van der Waals surface area contributed by atoms with Crippen molar-refractivity contribution in [3.8, 4) is 6.07 Å². The first-order valence-electron chi connectivity index (χ1n) is 3.22. The molecule has 4 heteroatoms. The van der Waals surface area contributed by atoms with E-state index in [0.29, 0.717) is 11.4 Å². The van der Waals surface area contributed by atoms with Crippen LogP contribution in [0.5, 0.6) is 0 Å². The minimum Gasteiger partial charge on any atom is -0.329 e. The van der Waals surface area contributed by atoms with E-state index in [4.69, 9.17) is 16.7 Å². The number of hydrogen-bond donors (Lipinski definition) is 2. The molecule has 58 valence electrons. The van der Waals surface area contributed by atoms with Crippen LogP contribution in [0.2, 0.25) is 0 Å². The minimum absolute atomic E-state index is 0.131. The van der Waals surface area contributed by atoms with Crippen LogP contribution in [0.1, 0.15) is 16.5 Å². The van der Waals surface area contributed by atoms with Crippen molar-refractivity contribution >= 4 is 11.3 Å². The zero-order valence-electron chi connectivity index (χ0n) is 5.95. The Balaban J connectivity index is 2.82. The second kappa shape index (κ2) is 3.49. The fraction of sp³-hybridized carbons (Fsp3) is 0.286. The predicted molar refractivity (Wildman–Crippen MR) is 45.0 cm³/mol. The van der Waals surface area contributed by atoms with Crippen molar-refractivity contribution in [3.05, 3.63) is 21.9 Å². The largest absolute Gasteiger partial charge is 0.329 e. The highest BCUT2D eigenvalue weighted by Gasteiger charge is 2.05. The molecule has 3 nitrogen and oxygen atoms in total. The first-order chi connectivity index (χ1) is 5.27. The second-order valence-corrected chi connectivity index (χ2v) is 3.11. The minimum atomic E-state index is -0.131. The Morgan fingerprint density at radius 1 is 1.73 bits per heavy atom. The Labute approximate surface area is 69.2 Å². The van der Waals surface area contributed by atoms with Gasteiger partial charge in [0.15, 0.2) is 0 Å². The molecule has 0 aliphatic carbocycles. The molecular weight excluding hydrogens is 158 g/mol. The molecule has 0 saturated carbocycles. The van der Waals surface area contributed by atoms with Gasteiger partial charge in [-0.2, -0.15) is 5.26 Å². The monoisotopic (exact) mass is 167 g/mol. The lowest BCUT2D eigenvalue weighted by Gasteiger charge is -2.03. The fourth-order valence-corrected chi connectivity index (χ4v) is 1.50. The van der Waals surface area contributed by atoms with Crippen LogP contribution >= 0.6 is 11.3 Å². The molecule has 1 atom stereocenters. The number of hydrogen-bond acceptors (Lipinski definition) is 4. The van der Waals surface area contributed by atoms with Crippen molar-refractivity contribution < 1.29 is 0 Å². The van der Waals surface area contributed by atoms with Crippen molar-refractivity contribution in [2.24, 2.45) is 11.5 Å². The van der Waals surface area contributed by atoms with Gasteiger partial charge in [-0.15, -0.1) is 11.3 Å². The maximum Gasteiger partial charge on any atom is 0.110 e. The summed E-state index contributed by atoms with van der Waals surface area (Å²) in [6.45, 7) is 0.418. The van der Waals surface area contributed by atoms with Gasteiger partial charge in [0.25, 0.3) is 0 Å². The summed E-state index contributed by atoms with van der Waals surface area (Å²) in [4.78, 5) is 0.684. The van der Waals surface area contributed by atoms with E-state index in [2.05, 4.69) is 0 Å². The maximum atomic E-state index is 8.49. The van der Waals surface area contributed by atoms with Crippen LogP contribution in [0.4, 0.5) is 0 Å². The third-order valence-corrected chi connectivity index (χ3v) is 2.27. The van der Waals surface area contributed by atoms with E-state index in [-0.39, 0.29) is 6.04 Å². The van der Waals surface area contributed by atoms with Crippen LogP contribution in [0.25, 0.3) is 0 Å². The third-order valence-electron chi connectivity index (χ3n) is 1.41. The van der Waals surface area contributed by atoms with Gasteiger partial charge in [0.2, 0.25) is 0 Å². The van der Waals surface area contributed by atoms with Gasteiger partial charge in [-0.25, -0.2) is 0 Å². The van der Waals surface area contributed by atoms with Crippen molar-refractivity contribution in [2.75, 3.05) is 6.54 Å². The molecule has 0 bridgehead atoms. The SMILES string of the molecule is N#Cc1cc([C@@H](N)CN)cs1. The Hall–Kier alpha value is -0.890. The van der Waals surface area contributed by atoms with Gasteiger partial charge in [0, 0.05) is 12.6 Å². The van der Waals surface area contributed by atoms with Crippen LogP contribution < -0.4 is 11.5 Å². The molecule has 0 spiro atoms. The summed E-state index contributed by atoms with van der Waals surface area (Å²) in [5, 5.41) is 10.4. The van der Waals surface area contributed by atoms with Crippen molar-refractivity contribution in [1.29, 1.82) is 5.26 Å². The molecule has 0 fully saturated rings. The summed E-state index contributed by atoms with van der Waals surface area (Å²) in [5.41, 5.74) is 11.9. The quantitative estimate of drug-likeness (QED) is 0.676. The highest BCUT2D eigenvalue weighted by Crippen LogP contribution is 2.17. The molecule has 0 amide bonds. The van der Waals surface area contributed by atoms with Gasteiger partial charge >= 0.3 is 0 Å². The van der Waals surface area contributed by atoms with E-state index >= 15 is 0 Å². The lowest BCUT2D eigenvalue weighted by molar-refractivity contribution is 0.740. The summed E-state index contributed by atoms with van der Waals surface area (Å²) >= 11 is 1.40. The lowest BCUT2D eigenvalue weighted by atomic mass is 10.1. The average Bonchev–Trinajstić information content (AvgIpc) is 2.50. The van der Waals surface area contributed by atoms with E-state index in [1.807, 2.05) is 11.4 Å². The average molecular weight is 167 g/mol. The van der Waals surface area contributed by atoms with Gasteiger partial charge in [-0.1, -0.05) is 0 Å². The zero-order chi connectivity index (χ0) is 8.27. The number of thiophene rings is 1. The van der Waals surface area contributed by atoms with E-state index in [1.165, 1.54) is 11.3 Å². The third kappa shape index (κ3) is 1.77. The molecule has 0 aliphatic rings. The Kier molecular flexibility index (Phi) is 2.60. The Morgan fingerprint density at radius 2 is 2.45 bits per heavy atom. The van der Waals surface area contributed by atoms with E-state index in [1.54, 1.807) is 6.07 Å². The number of rotatable bonds is 2. The van der Waals surface area contributed by atoms with Gasteiger partial charge in [0.1, 0.15) is 10.9 Å². The molecule has 0 saturated heterocycles. The maximum absolute atomic E-state index is 8.49. The number of nitrogens with two attached hydrogens (primary N) is 2. The van der Waals surface area contributed by atoms with Crippen molar-refractivity contribution in [2.45, 2.75) is 6.04 Å². The fourth-order valence-electron chi connectivity index (χ4n) is 0.740. The summed E-state index contributed by atoms with van der Waals surface area (Å²) in [7, 11) is 0. The molecule has 0 radical (unpaired) electrons. The van der Waals surface area contributed by atoms with Crippen LogP contribution in [-0.4, -0.2) is 6.54 Å². The summed E-state index contributed by atoms with van der Waals surface area (Å²) < 4.78 is 0.